The van der Waals surface area contributed by atoms with E-state index in [1.54, 1.807) is 0 Å². The third-order valence-electron chi connectivity index (χ3n) is 2.29. The Balaban J connectivity index is 0.000000494. The normalized spacial score (nSPS) is 10.0. The van der Waals surface area contributed by atoms with Crippen LogP contribution in [0.5, 0.6) is 0 Å². The Kier molecular flexibility index (Phi) is 10.4. The molecule has 0 aromatic heterocycles. The number of hydrogen-bond donors (Lipinski definition) is 1. The van der Waals surface area contributed by atoms with Crippen LogP contribution in [-0.4, -0.2) is 27.7 Å². The van der Waals surface area contributed by atoms with Crippen LogP contribution >= 0.6 is 36.3 Å². The Morgan fingerprint density at radius 3 is 2.22 bits per heavy atom. The van der Waals surface area contributed by atoms with E-state index in [1.807, 2.05) is 7.05 Å². The molecule has 0 bridgehead atoms. The van der Waals surface area contributed by atoms with Gasteiger partial charge in [0.15, 0.2) is 0 Å². The molecule has 1 rings (SSSR count). The molecule has 0 unspecified atom stereocenters. The van der Waals surface area contributed by atoms with Gasteiger partial charge in [-0.3, -0.25) is 0 Å². The van der Waals surface area contributed by atoms with Crippen LogP contribution in [0.2, 0.25) is 0 Å². The molecule has 0 heterocycles. The summed E-state index contributed by atoms with van der Waals surface area (Å²) >= 11 is 7.18. The molecule has 0 atom stereocenters. The molecule has 0 saturated carbocycles. The van der Waals surface area contributed by atoms with E-state index >= 15 is 0 Å². The third-order valence-corrected chi connectivity index (χ3v) is 5.31. The second kappa shape index (κ2) is 10.2. The van der Waals surface area contributed by atoms with Crippen molar-refractivity contribution in [2.75, 3.05) is 32.6 Å². The summed E-state index contributed by atoms with van der Waals surface area (Å²) in [5.41, 5.74) is 2.57. The second-order valence-corrected chi connectivity index (χ2v) is 12.3. The van der Waals surface area contributed by atoms with Crippen molar-refractivity contribution in [1.29, 1.82) is 0 Å². The van der Waals surface area contributed by atoms with Crippen molar-refractivity contribution in [3.8, 4) is 0 Å². The van der Waals surface area contributed by atoms with Crippen molar-refractivity contribution in [1.82, 2.24) is 5.32 Å². The third kappa shape index (κ3) is 7.08. The molecule has 0 spiro atoms. The van der Waals surface area contributed by atoms with Gasteiger partial charge in [0.2, 0.25) is 0 Å². The molecule has 0 aliphatic carbocycles. The van der Waals surface area contributed by atoms with E-state index in [2.05, 4.69) is 87.3 Å². The molecule has 0 aliphatic heterocycles. The summed E-state index contributed by atoms with van der Waals surface area (Å²) in [6.45, 7) is 5.40. The summed E-state index contributed by atoms with van der Waals surface area (Å²) in [7, 11) is 6.09. The molecule has 18 heavy (non-hydrogen) atoms. The molecule has 104 valence electrons. The van der Waals surface area contributed by atoms with Gasteiger partial charge in [0.25, 0.3) is 0 Å². The van der Waals surface area contributed by atoms with Gasteiger partial charge in [0, 0.05) is 25.1 Å². The van der Waals surface area contributed by atoms with Crippen molar-refractivity contribution in [3.05, 3.63) is 23.8 Å². The summed E-state index contributed by atoms with van der Waals surface area (Å²) in [6.07, 6.45) is 1.23. The van der Waals surface area contributed by atoms with E-state index < -0.39 is 0 Å². The molecule has 0 radical (unpaired) electrons. The minimum atomic E-state index is -0.382. The van der Waals surface area contributed by atoms with Gasteiger partial charge in [0.05, 0.1) is 5.33 Å². The maximum Gasteiger partial charge on any atom is 0.0675 e. The Morgan fingerprint density at radius 2 is 1.89 bits per heavy atom. The maximum atomic E-state index is 3.59. The summed E-state index contributed by atoms with van der Waals surface area (Å²) in [6, 6.07) is 6.50. The molecule has 1 aromatic rings. The van der Waals surface area contributed by atoms with Crippen LogP contribution < -0.4 is 15.5 Å². The highest BCUT2D eigenvalue weighted by Crippen LogP contribution is 2.52. The summed E-state index contributed by atoms with van der Waals surface area (Å²) < 4.78 is 0. The maximum absolute atomic E-state index is 3.59. The van der Waals surface area contributed by atoms with Crippen molar-refractivity contribution >= 4 is 47.3 Å². The number of aryl methyl sites for hydroxylation is 1. The van der Waals surface area contributed by atoms with Gasteiger partial charge in [0.1, 0.15) is 0 Å². The Bertz CT molecular complexity index is 342. The van der Waals surface area contributed by atoms with Gasteiger partial charge in [-0.05, 0) is 70.0 Å². The van der Waals surface area contributed by atoms with E-state index in [4.69, 9.17) is 0 Å². The number of benzene rings is 1. The quantitative estimate of drug-likeness (QED) is 0.757. The average Bonchev–Trinajstić information content (AvgIpc) is 2.30. The Labute approximate surface area is 129 Å². The lowest BCUT2D eigenvalue weighted by atomic mass is 10.2. The average molecular weight is 398 g/mol. The number of nitrogens with zero attached hydrogens (tertiary/aromatic N) is 1. The van der Waals surface area contributed by atoms with Gasteiger partial charge < -0.3 is 10.2 Å². The lowest BCUT2D eigenvalue weighted by Gasteiger charge is -2.18. The predicted octanol–water partition coefficient (Wildman–Crippen LogP) is 4.40. The first-order valence-electron chi connectivity index (χ1n) is 5.98. The van der Waals surface area contributed by atoms with E-state index in [0.717, 1.165) is 6.54 Å². The van der Waals surface area contributed by atoms with E-state index in [0.29, 0.717) is 0 Å². The standard InChI is InChI=1S/C9H12Br2NP.C4H11N/c1-7-4-5-8(12(2)3)9(6-7)13(10)11;1-3-4-5-2/h4-6H,1-3H3;5H,3-4H2,1-2H3. The number of hydrogen-bond acceptors (Lipinski definition) is 2. The van der Waals surface area contributed by atoms with E-state index in [-0.39, 0.29) is 5.33 Å². The first-order valence-corrected chi connectivity index (χ1v) is 11.4. The van der Waals surface area contributed by atoms with Gasteiger partial charge in [-0.2, -0.15) is 0 Å². The summed E-state index contributed by atoms with van der Waals surface area (Å²) in [4.78, 5) is 2.13. The molecular weight excluding hydrogens is 375 g/mol. The first kappa shape index (κ1) is 18.4. The zero-order valence-corrected chi connectivity index (χ0v) is 15.9. The first-order chi connectivity index (χ1) is 8.43. The topological polar surface area (TPSA) is 15.3 Å². The molecule has 0 fully saturated rings. The lowest BCUT2D eigenvalue weighted by Crippen LogP contribution is -2.16. The fourth-order valence-corrected chi connectivity index (χ4v) is 3.85. The summed E-state index contributed by atoms with van der Waals surface area (Å²) in [5.74, 6) is 0. The van der Waals surface area contributed by atoms with Crippen molar-refractivity contribution in [3.63, 3.8) is 0 Å². The van der Waals surface area contributed by atoms with Crippen molar-refractivity contribution < 1.29 is 0 Å². The van der Waals surface area contributed by atoms with Crippen LogP contribution in [0, 0.1) is 6.92 Å². The highest BCUT2D eigenvalue weighted by molar-refractivity contribution is 9.70. The van der Waals surface area contributed by atoms with Crippen LogP contribution in [0.25, 0.3) is 0 Å². The fraction of sp³-hybridized carbons (Fsp3) is 0.538. The molecule has 5 heteroatoms. The van der Waals surface area contributed by atoms with Crippen LogP contribution in [-0.2, 0) is 0 Å². The molecular formula is C13H23Br2N2P. The number of rotatable bonds is 4. The Hall–Kier alpha value is 0.370. The van der Waals surface area contributed by atoms with Crippen LogP contribution in [0.15, 0.2) is 18.2 Å². The minimum absolute atomic E-state index is 0.382. The number of nitrogens with one attached hydrogen (secondary N) is 1. The molecule has 1 N–H and O–H groups in total. The molecule has 2 nitrogen and oxygen atoms in total. The Morgan fingerprint density at radius 1 is 1.28 bits per heavy atom. The minimum Gasteiger partial charge on any atom is -0.377 e. The monoisotopic (exact) mass is 396 g/mol. The molecule has 0 saturated heterocycles. The fourth-order valence-electron chi connectivity index (χ4n) is 1.40. The number of halogens is 2. The van der Waals surface area contributed by atoms with Gasteiger partial charge in [-0.1, -0.05) is 18.6 Å². The highest BCUT2D eigenvalue weighted by atomic mass is 79.9. The largest absolute Gasteiger partial charge is 0.377 e. The lowest BCUT2D eigenvalue weighted by molar-refractivity contribution is 0.772. The summed E-state index contributed by atoms with van der Waals surface area (Å²) in [5, 5.41) is 3.97. The van der Waals surface area contributed by atoms with Gasteiger partial charge >= 0.3 is 0 Å². The van der Waals surface area contributed by atoms with Crippen molar-refractivity contribution in [2.24, 2.45) is 0 Å². The van der Waals surface area contributed by atoms with E-state index in [9.17, 15) is 0 Å². The number of anilines is 1. The smallest absolute Gasteiger partial charge is 0.0675 e. The van der Waals surface area contributed by atoms with Crippen LogP contribution in [0.4, 0.5) is 5.69 Å². The zero-order chi connectivity index (χ0) is 14.1. The van der Waals surface area contributed by atoms with Crippen LogP contribution in [0.1, 0.15) is 18.9 Å². The van der Waals surface area contributed by atoms with Crippen molar-refractivity contribution in [2.45, 2.75) is 20.3 Å². The van der Waals surface area contributed by atoms with E-state index in [1.165, 1.54) is 23.0 Å². The zero-order valence-electron chi connectivity index (χ0n) is 11.8. The van der Waals surface area contributed by atoms with Gasteiger partial charge in [-0.25, -0.2) is 0 Å². The molecule has 1 aromatic carbocycles. The molecule has 0 aliphatic rings. The van der Waals surface area contributed by atoms with Gasteiger partial charge in [-0.15, -0.1) is 0 Å². The van der Waals surface area contributed by atoms with Crippen LogP contribution in [0.3, 0.4) is 0 Å². The second-order valence-electron chi connectivity index (χ2n) is 4.22. The molecule has 0 amide bonds. The predicted molar refractivity (Wildman–Crippen MR) is 94.1 cm³/mol. The highest BCUT2D eigenvalue weighted by Gasteiger charge is 2.10. The SMILES string of the molecule is CCCNC.Cc1ccc(N(C)C)c(P(Br)Br)c1.